The number of hydrogen-bond acceptors (Lipinski definition) is 3. The molecule has 4 rings (SSSR count). The lowest BCUT2D eigenvalue weighted by Gasteiger charge is -2.29. The first-order chi connectivity index (χ1) is 15.4. The van der Waals surface area contributed by atoms with Crippen molar-refractivity contribution < 1.29 is 13.2 Å². The van der Waals surface area contributed by atoms with Crippen molar-refractivity contribution in [1.82, 2.24) is 4.31 Å². The standard InChI is InChI=1S/C25H25ClN2O3S/c1-18-13-15-28(16-14-18)32(30,31)20-11-12-23(26)22(17-20)25(29)27-24-10-6-5-9-21(24)19-7-3-2-4-8-19/h2-12,17-18H,13-16H2,1H3,(H,27,29). The Balaban J connectivity index is 1.62. The van der Waals surface area contributed by atoms with Crippen molar-refractivity contribution in [3.63, 3.8) is 0 Å². The topological polar surface area (TPSA) is 66.5 Å². The van der Waals surface area contributed by atoms with Gasteiger partial charge in [-0.1, -0.05) is 67.1 Å². The van der Waals surface area contributed by atoms with Crippen LogP contribution in [0.2, 0.25) is 5.02 Å². The molecule has 0 saturated carbocycles. The van der Waals surface area contributed by atoms with E-state index in [2.05, 4.69) is 12.2 Å². The van der Waals surface area contributed by atoms with Crippen molar-refractivity contribution in [3.05, 3.63) is 83.4 Å². The second-order valence-electron chi connectivity index (χ2n) is 8.09. The molecule has 5 nitrogen and oxygen atoms in total. The summed E-state index contributed by atoms with van der Waals surface area (Å²) >= 11 is 6.30. The lowest BCUT2D eigenvalue weighted by atomic mass is 10.0. The number of rotatable bonds is 5. The van der Waals surface area contributed by atoms with Gasteiger partial charge in [0.25, 0.3) is 5.91 Å². The summed E-state index contributed by atoms with van der Waals surface area (Å²) in [5.74, 6) is 0.0559. The summed E-state index contributed by atoms with van der Waals surface area (Å²) in [5.41, 5.74) is 2.58. The van der Waals surface area contributed by atoms with Gasteiger partial charge >= 0.3 is 0 Å². The van der Waals surface area contributed by atoms with Gasteiger partial charge in [0.15, 0.2) is 0 Å². The van der Waals surface area contributed by atoms with Gasteiger partial charge in [-0.3, -0.25) is 4.79 Å². The molecule has 166 valence electrons. The van der Waals surface area contributed by atoms with E-state index >= 15 is 0 Å². The van der Waals surface area contributed by atoms with Crippen LogP contribution < -0.4 is 5.32 Å². The molecule has 0 spiro atoms. The number of piperidine rings is 1. The zero-order valence-corrected chi connectivity index (χ0v) is 19.4. The molecule has 1 aliphatic heterocycles. The second-order valence-corrected chi connectivity index (χ2v) is 10.4. The van der Waals surface area contributed by atoms with Crippen molar-refractivity contribution in [2.24, 2.45) is 5.92 Å². The van der Waals surface area contributed by atoms with E-state index in [4.69, 9.17) is 11.6 Å². The molecule has 0 bridgehead atoms. The number of hydrogen-bond donors (Lipinski definition) is 1. The minimum absolute atomic E-state index is 0.0814. The third-order valence-electron chi connectivity index (χ3n) is 5.82. The Morgan fingerprint density at radius 2 is 1.62 bits per heavy atom. The van der Waals surface area contributed by atoms with Crippen LogP contribution in [0.4, 0.5) is 5.69 Å². The van der Waals surface area contributed by atoms with Gasteiger partial charge in [0, 0.05) is 24.3 Å². The van der Waals surface area contributed by atoms with Crippen molar-refractivity contribution >= 4 is 33.2 Å². The molecule has 1 fully saturated rings. The number of amides is 1. The number of nitrogens with one attached hydrogen (secondary N) is 1. The zero-order valence-electron chi connectivity index (χ0n) is 17.8. The molecule has 0 atom stereocenters. The van der Waals surface area contributed by atoms with Crippen molar-refractivity contribution in [2.45, 2.75) is 24.7 Å². The molecule has 1 saturated heterocycles. The molecule has 0 radical (unpaired) electrons. The van der Waals surface area contributed by atoms with Gasteiger partial charge < -0.3 is 5.32 Å². The second kappa shape index (κ2) is 9.45. The minimum atomic E-state index is -3.69. The van der Waals surface area contributed by atoms with Crippen molar-refractivity contribution in [2.75, 3.05) is 18.4 Å². The van der Waals surface area contributed by atoms with E-state index < -0.39 is 15.9 Å². The van der Waals surface area contributed by atoms with Crippen LogP contribution >= 0.6 is 11.6 Å². The van der Waals surface area contributed by atoms with Gasteiger partial charge in [-0.2, -0.15) is 4.31 Å². The maximum Gasteiger partial charge on any atom is 0.257 e. The van der Waals surface area contributed by atoms with Crippen LogP contribution in [0.15, 0.2) is 77.7 Å². The Morgan fingerprint density at radius 1 is 0.969 bits per heavy atom. The molecule has 3 aromatic carbocycles. The van der Waals surface area contributed by atoms with E-state index in [9.17, 15) is 13.2 Å². The molecule has 0 unspecified atom stereocenters. The largest absolute Gasteiger partial charge is 0.321 e. The highest BCUT2D eigenvalue weighted by atomic mass is 35.5. The normalized spacial score (nSPS) is 15.4. The molecule has 7 heteroatoms. The first-order valence-electron chi connectivity index (χ1n) is 10.6. The predicted molar refractivity (Wildman–Crippen MR) is 128 cm³/mol. The van der Waals surface area contributed by atoms with E-state index in [0.29, 0.717) is 24.7 Å². The molecule has 32 heavy (non-hydrogen) atoms. The van der Waals surface area contributed by atoms with Crippen LogP contribution in [0.5, 0.6) is 0 Å². The fraction of sp³-hybridized carbons (Fsp3) is 0.240. The van der Waals surface area contributed by atoms with Crippen LogP contribution in [0.1, 0.15) is 30.1 Å². The molecule has 1 heterocycles. The van der Waals surface area contributed by atoms with Gasteiger partial charge in [-0.25, -0.2) is 8.42 Å². The number of benzene rings is 3. The molecule has 0 aliphatic carbocycles. The van der Waals surface area contributed by atoms with E-state index in [1.54, 1.807) is 0 Å². The van der Waals surface area contributed by atoms with Crippen molar-refractivity contribution in [1.29, 1.82) is 0 Å². The minimum Gasteiger partial charge on any atom is -0.321 e. The molecule has 1 N–H and O–H groups in total. The average molecular weight is 469 g/mol. The van der Waals surface area contributed by atoms with Crippen LogP contribution in [-0.2, 0) is 10.0 Å². The summed E-state index contributed by atoms with van der Waals surface area (Å²) < 4.78 is 27.7. The van der Waals surface area contributed by atoms with E-state index in [1.165, 1.54) is 22.5 Å². The van der Waals surface area contributed by atoms with Crippen LogP contribution in [0.25, 0.3) is 11.1 Å². The molecule has 1 aliphatic rings. The van der Waals surface area contributed by atoms with Gasteiger partial charge in [0.2, 0.25) is 10.0 Å². The number of nitrogens with zero attached hydrogens (tertiary/aromatic N) is 1. The van der Waals surface area contributed by atoms with Crippen molar-refractivity contribution in [3.8, 4) is 11.1 Å². The number of carbonyl (C=O) groups is 1. The predicted octanol–water partition coefficient (Wildman–Crippen LogP) is 5.68. The summed E-state index contributed by atoms with van der Waals surface area (Å²) in [6, 6.07) is 21.5. The maximum atomic E-state index is 13.1. The number of carbonyl (C=O) groups excluding carboxylic acids is 1. The molecule has 0 aromatic heterocycles. The van der Waals surface area contributed by atoms with Gasteiger partial charge in [-0.05, 0) is 48.6 Å². The highest BCUT2D eigenvalue weighted by molar-refractivity contribution is 7.89. The lowest BCUT2D eigenvalue weighted by Crippen LogP contribution is -2.37. The number of anilines is 1. The summed E-state index contributed by atoms with van der Waals surface area (Å²) in [6.07, 6.45) is 1.66. The third kappa shape index (κ3) is 4.72. The lowest BCUT2D eigenvalue weighted by molar-refractivity contribution is 0.102. The van der Waals surface area contributed by atoms with E-state index in [0.717, 1.165) is 24.0 Å². The van der Waals surface area contributed by atoms with Crippen LogP contribution in [0, 0.1) is 5.92 Å². The third-order valence-corrected chi connectivity index (χ3v) is 8.05. The Kier molecular flexibility index (Phi) is 6.65. The summed E-state index contributed by atoms with van der Waals surface area (Å²) in [6.45, 7) is 3.10. The molecular formula is C25H25ClN2O3S. The Morgan fingerprint density at radius 3 is 2.34 bits per heavy atom. The molecule has 1 amide bonds. The van der Waals surface area contributed by atoms with Gasteiger partial charge in [0.1, 0.15) is 0 Å². The first kappa shape index (κ1) is 22.5. The van der Waals surface area contributed by atoms with E-state index in [-0.39, 0.29) is 15.5 Å². The number of para-hydroxylation sites is 1. The summed E-state index contributed by atoms with van der Waals surface area (Å²) in [7, 11) is -3.69. The van der Waals surface area contributed by atoms with Gasteiger partial charge in [-0.15, -0.1) is 0 Å². The monoisotopic (exact) mass is 468 g/mol. The fourth-order valence-corrected chi connectivity index (χ4v) is 5.56. The van der Waals surface area contributed by atoms with Crippen LogP contribution in [-0.4, -0.2) is 31.7 Å². The highest BCUT2D eigenvalue weighted by Gasteiger charge is 2.29. The van der Waals surface area contributed by atoms with E-state index in [1.807, 2.05) is 54.6 Å². The fourth-order valence-electron chi connectivity index (χ4n) is 3.86. The number of sulfonamides is 1. The maximum absolute atomic E-state index is 13.1. The quantitative estimate of drug-likeness (QED) is 0.523. The molecular weight excluding hydrogens is 444 g/mol. The van der Waals surface area contributed by atoms with Crippen LogP contribution in [0.3, 0.4) is 0 Å². The molecule has 3 aromatic rings. The summed E-state index contributed by atoms with van der Waals surface area (Å²) in [4.78, 5) is 13.2. The highest BCUT2D eigenvalue weighted by Crippen LogP contribution is 2.30. The summed E-state index contributed by atoms with van der Waals surface area (Å²) in [5, 5.41) is 3.10. The smallest absolute Gasteiger partial charge is 0.257 e. The Hall–Kier alpha value is -2.67. The SMILES string of the molecule is CC1CCN(S(=O)(=O)c2ccc(Cl)c(C(=O)Nc3ccccc3-c3ccccc3)c2)CC1. The number of halogens is 1. The Bertz CT molecular complexity index is 1220. The average Bonchev–Trinajstić information content (AvgIpc) is 2.80. The first-order valence-corrected chi connectivity index (χ1v) is 12.4. The Labute approximate surface area is 194 Å². The van der Waals surface area contributed by atoms with Gasteiger partial charge in [0.05, 0.1) is 15.5 Å². The zero-order chi connectivity index (χ0) is 22.7.